The number of carbonyl (C=O) groups excluding carboxylic acids is 1. The van der Waals surface area contributed by atoms with E-state index < -0.39 is 0 Å². The van der Waals surface area contributed by atoms with Gasteiger partial charge in [-0.15, -0.1) is 10.2 Å². The summed E-state index contributed by atoms with van der Waals surface area (Å²) in [5, 5.41) is 9.14. The van der Waals surface area contributed by atoms with Crippen molar-refractivity contribution in [3.05, 3.63) is 40.1 Å². The number of hydrogen-bond acceptors (Lipinski definition) is 4. The molecule has 1 aliphatic rings. The predicted octanol–water partition coefficient (Wildman–Crippen LogP) is 3.66. The van der Waals surface area contributed by atoms with E-state index in [4.69, 9.17) is 0 Å². The first-order valence-electron chi connectivity index (χ1n) is 6.48. The van der Waals surface area contributed by atoms with Crippen LogP contribution in [0.4, 0.5) is 0 Å². The maximum atomic E-state index is 12.1. The summed E-state index contributed by atoms with van der Waals surface area (Å²) in [6.07, 6.45) is 2.38. The lowest BCUT2D eigenvalue weighted by molar-refractivity contribution is 0.102. The van der Waals surface area contributed by atoms with Crippen molar-refractivity contribution in [3.63, 3.8) is 0 Å². The Kier molecular flexibility index (Phi) is 3.94. The zero-order valence-corrected chi connectivity index (χ0v) is 13.4. The van der Waals surface area contributed by atoms with Crippen LogP contribution in [0.1, 0.15) is 35.1 Å². The third kappa shape index (κ3) is 2.96. The lowest BCUT2D eigenvalue weighted by Gasteiger charge is -2.06. The SMILES string of the molecule is Cc1nnc(SCC(=O)c2ccc(Br)cc2)n1C1CC1. The molecule has 104 valence electrons. The number of ketones is 1. The number of hydrogen-bond donors (Lipinski definition) is 0. The Balaban J connectivity index is 1.67. The summed E-state index contributed by atoms with van der Waals surface area (Å²) < 4.78 is 3.13. The Morgan fingerprint density at radius 2 is 2.05 bits per heavy atom. The molecule has 0 amide bonds. The predicted molar refractivity (Wildman–Crippen MR) is 82.2 cm³/mol. The molecule has 0 atom stereocenters. The zero-order chi connectivity index (χ0) is 14.1. The molecular formula is C14H14BrN3OS. The van der Waals surface area contributed by atoms with Gasteiger partial charge in [0.1, 0.15) is 5.82 Å². The molecule has 0 spiro atoms. The number of aryl methyl sites for hydroxylation is 1. The number of rotatable bonds is 5. The largest absolute Gasteiger partial charge is 0.303 e. The van der Waals surface area contributed by atoms with Gasteiger partial charge >= 0.3 is 0 Å². The van der Waals surface area contributed by atoms with Gasteiger partial charge in [-0.2, -0.15) is 0 Å². The van der Waals surface area contributed by atoms with Crippen LogP contribution in [0.25, 0.3) is 0 Å². The van der Waals surface area contributed by atoms with Crippen LogP contribution in [0.5, 0.6) is 0 Å². The van der Waals surface area contributed by atoms with Gasteiger partial charge < -0.3 is 4.57 Å². The van der Waals surface area contributed by atoms with E-state index in [9.17, 15) is 4.79 Å². The number of aromatic nitrogens is 3. The fourth-order valence-electron chi connectivity index (χ4n) is 2.05. The van der Waals surface area contributed by atoms with Crippen molar-refractivity contribution < 1.29 is 4.79 Å². The molecule has 1 heterocycles. The van der Waals surface area contributed by atoms with Crippen LogP contribution in [0.15, 0.2) is 33.9 Å². The molecule has 0 radical (unpaired) electrons. The van der Waals surface area contributed by atoms with Crippen molar-refractivity contribution in [2.75, 3.05) is 5.75 Å². The molecule has 2 aromatic rings. The van der Waals surface area contributed by atoms with Crippen LogP contribution in [0, 0.1) is 6.92 Å². The Morgan fingerprint density at radius 1 is 1.35 bits per heavy atom. The van der Waals surface area contributed by atoms with Gasteiger partial charge in [0.05, 0.1) is 5.75 Å². The molecule has 6 heteroatoms. The zero-order valence-electron chi connectivity index (χ0n) is 11.0. The van der Waals surface area contributed by atoms with Gasteiger partial charge in [0.15, 0.2) is 10.9 Å². The summed E-state index contributed by atoms with van der Waals surface area (Å²) in [7, 11) is 0. The third-order valence-electron chi connectivity index (χ3n) is 3.25. The summed E-state index contributed by atoms with van der Waals surface area (Å²) in [4.78, 5) is 12.1. The monoisotopic (exact) mass is 351 g/mol. The van der Waals surface area contributed by atoms with Gasteiger partial charge in [-0.1, -0.05) is 39.8 Å². The first-order valence-corrected chi connectivity index (χ1v) is 8.26. The van der Waals surface area contributed by atoms with Gasteiger partial charge in [0.2, 0.25) is 0 Å². The van der Waals surface area contributed by atoms with Gasteiger partial charge in [-0.05, 0) is 31.9 Å². The third-order valence-corrected chi connectivity index (χ3v) is 4.72. The second-order valence-corrected chi connectivity index (χ2v) is 6.71. The molecule has 0 N–H and O–H groups in total. The van der Waals surface area contributed by atoms with Crippen molar-refractivity contribution in [2.24, 2.45) is 0 Å². The first-order chi connectivity index (χ1) is 9.65. The van der Waals surface area contributed by atoms with Crippen LogP contribution in [0.3, 0.4) is 0 Å². The van der Waals surface area contributed by atoms with Gasteiger partial charge in [0, 0.05) is 16.1 Å². The average molecular weight is 352 g/mol. The van der Waals surface area contributed by atoms with Crippen molar-refractivity contribution in [3.8, 4) is 0 Å². The van der Waals surface area contributed by atoms with Crippen LogP contribution in [0.2, 0.25) is 0 Å². The molecule has 3 rings (SSSR count). The highest BCUT2D eigenvalue weighted by Crippen LogP contribution is 2.38. The quantitative estimate of drug-likeness (QED) is 0.609. The Labute approximate surface area is 130 Å². The molecule has 1 aromatic heterocycles. The highest BCUT2D eigenvalue weighted by atomic mass is 79.9. The van der Waals surface area contributed by atoms with Crippen molar-refractivity contribution in [1.82, 2.24) is 14.8 Å². The second kappa shape index (κ2) is 5.69. The lowest BCUT2D eigenvalue weighted by Crippen LogP contribution is -2.05. The number of Topliss-reactive ketones (excluding diaryl/α,β-unsaturated/α-hetero) is 1. The maximum Gasteiger partial charge on any atom is 0.191 e. The summed E-state index contributed by atoms with van der Waals surface area (Å²) in [6.45, 7) is 1.96. The average Bonchev–Trinajstić information content (AvgIpc) is 3.21. The van der Waals surface area contributed by atoms with E-state index in [0.717, 1.165) is 21.0 Å². The fourth-order valence-corrected chi connectivity index (χ4v) is 3.26. The standard InChI is InChI=1S/C14H14BrN3OS/c1-9-16-17-14(18(9)12-6-7-12)20-8-13(19)10-2-4-11(15)5-3-10/h2-5,12H,6-8H2,1H3. The second-order valence-electron chi connectivity index (χ2n) is 4.85. The van der Waals surface area contributed by atoms with Gasteiger partial charge in [-0.3, -0.25) is 4.79 Å². The van der Waals surface area contributed by atoms with Crippen LogP contribution in [-0.4, -0.2) is 26.3 Å². The Morgan fingerprint density at radius 3 is 2.70 bits per heavy atom. The summed E-state index contributed by atoms with van der Waals surface area (Å²) in [6, 6.07) is 7.98. The van der Waals surface area contributed by atoms with Crippen molar-refractivity contribution in [2.45, 2.75) is 31.0 Å². The topological polar surface area (TPSA) is 47.8 Å². The highest BCUT2D eigenvalue weighted by molar-refractivity contribution is 9.10. The molecule has 1 aromatic carbocycles. The first kappa shape index (κ1) is 13.8. The molecule has 1 saturated carbocycles. The number of halogens is 1. The minimum atomic E-state index is 0.116. The van der Waals surface area contributed by atoms with E-state index in [0.29, 0.717) is 11.8 Å². The minimum absolute atomic E-state index is 0.116. The number of nitrogens with zero attached hydrogens (tertiary/aromatic N) is 3. The molecule has 0 unspecified atom stereocenters. The molecular weight excluding hydrogens is 338 g/mol. The van der Waals surface area contributed by atoms with Gasteiger partial charge in [0.25, 0.3) is 0 Å². The molecule has 1 fully saturated rings. The molecule has 20 heavy (non-hydrogen) atoms. The number of thioether (sulfide) groups is 1. The normalized spacial score (nSPS) is 14.5. The van der Waals surface area contributed by atoms with Crippen molar-refractivity contribution >= 4 is 33.5 Å². The fraction of sp³-hybridized carbons (Fsp3) is 0.357. The summed E-state index contributed by atoms with van der Waals surface area (Å²) in [5.74, 6) is 1.45. The molecule has 1 aliphatic carbocycles. The maximum absolute atomic E-state index is 12.1. The van der Waals surface area contributed by atoms with Crippen LogP contribution < -0.4 is 0 Å². The summed E-state index contributed by atoms with van der Waals surface area (Å²) >= 11 is 4.84. The van der Waals surface area contributed by atoms with E-state index in [1.165, 1.54) is 24.6 Å². The highest BCUT2D eigenvalue weighted by Gasteiger charge is 2.28. The molecule has 0 bridgehead atoms. The molecule has 0 aliphatic heterocycles. The van der Waals surface area contributed by atoms with Crippen LogP contribution >= 0.6 is 27.7 Å². The minimum Gasteiger partial charge on any atom is -0.303 e. The van der Waals surface area contributed by atoms with E-state index in [2.05, 4.69) is 30.7 Å². The van der Waals surface area contributed by atoms with Crippen molar-refractivity contribution in [1.29, 1.82) is 0 Å². The molecule has 0 saturated heterocycles. The number of benzene rings is 1. The Hall–Kier alpha value is -1.14. The van der Waals surface area contributed by atoms with E-state index in [1.54, 1.807) is 0 Å². The smallest absolute Gasteiger partial charge is 0.191 e. The van der Waals surface area contributed by atoms with E-state index in [1.807, 2.05) is 31.2 Å². The lowest BCUT2D eigenvalue weighted by atomic mass is 10.2. The van der Waals surface area contributed by atoms with Crippen LogP contribution in [-0.2, 0) is 0 Å². The Bertz CT molecular complexity index is 634. The van der Waals surface area contributed by atoms with E-state index >= 15 is 0 Å². The number of carbonyl (C=O) groups is 1. The summed E-state index contributed by atoms with van der Waals surface area (Å²) in [5.41, 5.74) is 0.731. The van der Waals surface area contributed by atoms with E-state index in [-0.39, 0.29) is 5.78 Å². The van der Waals surface area contributed by atoms with Gasteiger partial charge in [-0.25, -0.2) is 0 Å². The molecule has 4 nitrogen and oxygen atoms in total.